The number of likely N-dealkylation sites (N-methyl/N-ethyl adjacent to an activating group) is 1. The van der Waals surface area contributed by atoms with E-state index < -0.39 is 5.97 Å². The smallest absolute Gasteiger partial charge is 0.325 e. The van der Waals surface area contributed by atoms with E-state index in [9.17, 15) is 9.59 Å². The van der Waals surface area contributed by atoms with E-state index in [1.54, 1.807) is 13.1 Å². The standard InChI is InChI=1S/C12H18N2O3/c1-4-7-14-8-5-6-10(14)12(16)13(2)9-11(15)17-3/h5-6,8H,4,7,9H2,1-3H3. The molecule has 0 aliphatic heterocycles. The summed E-state index contributed by atoms with van der Waals surface area (Å²) in [5.41, 5.74) is 0.596. The van der Waals surface area contributed by atoms with Crippen LogP contribution in [0, 0.1) is 0 Å². The van der Waals surface area contributed by atoms with Crippen LogP contribution in [0.2, 0.25) is 0 Å². The molecule has 1 heterocycles. The molecule has 0 aromatic carbocycles. The summed E-state index contributed by atoms with van der Waals surface area (Å²) in [5, 5.41) is 0. The van der Waals surface area contributed by atoms with E-state index in [0.717, 1.165) is 13.0 Å². The normalized spacial score (nSPS) is 10.1. The number of carbonyl (C=O) groups excluding carboxylic acids is 2. The van der Waals surface area contributed by atoms with E-state index in [2.05, 4.69) is 4.74 Å². The van der Waals surface area contributed by atoms with Gasteiger partial charge in [0.15, 0.2) is 0 Å². The maximum absolute atomic E-state index is 12.1. The van der Waals surface area contributed by atoms with Crippen LogP contribution < -0.4 is 0 Å². The number of aryl methyl sites for hydroxylation is 1. The van der Waals surface area contributed by atoms with E-state index in [-0.39, 0.29) is 12.5 Å². The van der Waals surface area contributed by atoms with E-state index in [4.69, 9.17) is 0 Å². The van der Waals surface area contributed by atoms with Crippen LogP contribution in [-0.2, 0) is 16.1 Å². The van der Waals surface area contributed by atoms with E-state index in [1.807, 2.05) is 23.8 Å². The largest absolute Gasteiger partial charge is 0.468 e. The Morgan fingerprint density at radius 1 is 1.47 bits per heavy atom. The van der Waals surface area contributed by atoms with Crippen molar-refractivity contribution in [2.24, 2.45) is 0 Å². The van der Waals surface area contributed by atoms with Crippen molar-refractivity contribution < 1.29 is 14.3 Å². The Morgan fingerprint density at radius 3 is 2.76 bits per heavy atom. The van der Waals surface area contributed by atoms with Crippen LogP contribution in [0.4, 0.5) is 0 Å². The van der Waals surface area contributed by atoms with Gasteiger partial charge >= 0.3 is 5.97 Å². The molecule has 0 saturated heterocycles. The average Bonchev–Trinajstić information content (AvgIpc) is 2.76. The summed E-state index contributed by atoms with van der Waals surface area (Å²) in [6, 6.07) is 3.58. The van der Waals surface area contributed by atoms with Gasteiger partial charge in [0, 0.05) is 19.8 Å². The third-order valence-corrected chi connectivity index (χ3v) is 2.45. The molecule has 1 aromatic rings. The van der Waals surface area contributed by atoms with Crippen LogP contribution in [0.15, 0.2) is 18.3 Å². The van der Waals surface area contributed by atoms with Crippen molar-refractivity contribution in [3.63, 3.8) is 0 Å². The SMILES string of the molecule is CCCn1cccc1C(=O)N(C)CC(=O)OC. The van der Waals surface area contributed by atoms with E-state index in [0.29, 0.717) is 5.69 Å². The number of carbonyl (C=O) groups is 2. The Balaban J connectivity index is 2.74. The fourth-order valence-electron chi connectivity index (χ4n) is 1.57. The number of nitrogens with zero attached hydrogens (tertiary/aromatic N) is 2. The Labute approximate surface area is 101 Å². The summed E-state index contributed by atoms with van der Waals surface area (Å²) < 4.78 is 6.41. The van der Waals surface area contributed by atoms with Gasteiger partial charge in [0.1, 0.15) is 12.2 Å². The summed E-state index contributed by atoms with van der Waals surface area (Å²) in [5.74, 6) is -0.594. The maximum atomic E-state index is 12.1. The number of esters is 1. The van der Waals surface area contributed by atoms with Gasteiger partial charge in [-0.3, -0.25) is 9.59 Å². The molecule has 0 N–H and O–H groups in total. The van der Waals surface area contributed by atoms with Crippen LogP contribution in [-0.4, -0.2) is 42.0 Å². The predicted molar refractivity (Wildman–Crippen MR) is 63.7 cm³/mol. The Kier molecular flexibility index (Phi) is 4.75. The number of methoxy groups -OCH3 is 1. The van der Waals surface area contributed by atoms with Crippen LogP contribution in [0.25, 0.3) is 0 Å². The fourth-order valence-corrected chi connectivity index (χ4v) is 1.57. The van der Waals surface area contributed by atoms with Crippen LogP contribution in [0.5, 0.6) is 0 Å². The minimum absolute atomic E-state index is 0.0351. The molecule has 5 nitrogen and oxygen atoms in total. The first-order chi connectivity index (χ1) is 8.10. The van der Waals surface area contributed by atoms with Gasteiger partial charge in [0.05, 0.1) is 7.11 Å². The zero-order valence-electron chi connectivity index (χ0n) is 10.5. The first-order valence-corrected chi connectivity index (χ1v) is 5.57. The van der Waals surface area contributed by atoms with Crippen LogP contribution >= 0.6 is 0 Å². The first-order valence-electron chi connectivity index (χ1n) is 5.57. The lowest BCUT2D eigenvalue weighted by Gasteiger charge is -2.16. The van der Waals surface area contributed by atoms with Gasteiger partial charge in [-0.2, -0.15) is 0 Å². The topological polar surface area (TPSA) is 51.5 Å². The Hall–Kier alpha value is -1.78. The lowest BCUT2D eigenvalue weighted by molar-refractivity contribution is -0.141. The summed E-state index contributed by atoms with van der Waals surface area (Å²) in [7, 11) is 2.89. The highest BCUT2D eigenvalue weighted by Gasteiger charge is 2.17. The van der Waals surface area contributed by atoms with Crippen molar-refractivity contribution in [1.82, 2.24) is 9.47 Å². The molecule has 0 atom stereocenters. The lowest BCUT2D eigenvalue weighted by atomic mass is 10.3. The molecule has 0 bridgehead atoms. The number of hydrogen-bond acceptors (Lipinski definition) is 3. The second kappa shape index (κ2) is 6.08. The third-order valence-electron chi connectivity index (χ3n) is 2.45. The molecule has 17 heavy (non-hydrogen) atoms. The van der Waals surface area contributed by atoms with E-state index >= 15 is 0 Å². The molecule has 94 valence electrons. The highest BCUT2D eigenvalue weighted by Crippen LogP contribution is 2.07. The number of hydrogen-bond donors (Lipinski definition) is 0. The summed E-state index contributed by atoms with van der Waals surface area (Å²) in [4.78, 5) is 24.5. The second-order valence-corrected chi connectivity index (χ2v) is 3.82. The minimum Gasteiger partial charge on any atom is -0.468 e. The van der Waals surface area contributed by atoms with Crippen molar-refractivity contribution in [1.29, 1.82) is 0 Å². The van der Waals surface area contributed by atoms with Gasteiger partial charge in [-0.25, -0.2) is 0 Å². The molecule has 0 unspecified atom stereocenters. The van der Waals surface area contributed by atoms with Crippen molar-refractivity contribution in [2.45, 2.75) is 19.9 Å². The number of aromatic nitrogens is 1. The molecule has 1 rings (SSSR count). The summed E-state index contributed by atoms with van der Waals surface area (Å²) >= 11 is 0. The van der Waals surface area contributed by atoms with Gasteiger partial charge in [-0.1, -0.05) is 6.92 Å². The van der Waals surface area contributed by atoms with Gasteiger partial charge in [-0.15, -0.1) is 0 Å². The Morgan fingerprint density at radius 2 is 2.18 bits per heavy atom. The van der Waals surface area contributed by atoms with E-state index in [1.165, 1.54) is 12.0 Å². The maximum Gasteiger partial charge on any atom is 0.325 e. The highest BCUT2D eigenvalue weighted by molar-refractivity contribution is 5.94. The molecule has 1 aromatic heterocycles. The molecule has 0 radical (unpaired) electrons. The summed E-state index contributed by atoms with van der Waals surface area (Å²) in [6.07, 6.45) is 2.82. The molecule has 0 aliphatic rings. The Bertz CT molecular complexity index is 398. The predicted octanol–water partition coefficient (Wildman–Crippen LogP) is 1.14. The average molecular weight is 238 g/mol. The van der Waals surface area contributed by atoms with Crippen molar-refractivity contribution >= 4 is 11.9 Å². The second-order valence-electron chi connectivity index (χ2n) is 3.82. The van der Waals surface area contributed by atoms with Crippen LogP contribution in [0.1, 0.15) is 23.8 Å². The number of ether oxygens (including phenoxy) is 1. The molecule has 0 aliphatic carbocycles. The van der Waals surface area contributed by atoms with Gasteiger partial charge in [-0.05, 0) is 18.6 Å². The molecule has 0 fully saturated rings. The molecular formula is C12H18N2O3. The molecule has 5 heteroatoms. The molecule has 1 amide bonds. The van der Waals surface area contributed by atoms with Gasteiger partial charge < -0.3 is 14.2 Å². The lowest BCUT2D eigenvalue weighted by Crippen LogP contribution is -2.33. The third kappa shape index (κ3) is 3.34. The van der Waals surface area contributed by atoms with Crippen molar-refractivity contribution in [3.05, 3.63) is 24.0 Å². The first kappa shape index (κ1) is 13.3. The zero-order valence-corrected chi connectivity index (χ0v) is 10.5. The molecule has 0 spiro atoms. The zero-order chi connectivity index (χ0) is 12.8. The highest BCUT2D eigenvalue weighted by atomic mass is 16.5. The number of amides is 1. The molecular weight excluding hydrogens is 220 g/mol. The molecule has 0 saturated carbocycles. The minimum atomic E-state index is -0.422. The quantitative estimate of drug-likeness (QED) is 0.723. The van der Waals surface area contributed by atoms with Gasteiger partial charge in [0.25, 0.3) is 5.91 Å². The monoisotopic (exact) mass is 238 g/mol. The number of rotatable bonds is 5. The summed E-state index contributed by atoms with van der Waals surface area (Å²) in [6.45, 7) is 2.80. The fraction of sp³-hybridized carbons (Fsp3) is 0.500. The van der Waals surface area contributed by atoms with Crippen molar-refractivity contribution in [2.75, 3.05) is 20.7 Å². The van der Waals surface area contributed by atoms with Crippen molar-refractivity contribution in [3.8, 4) is 0 Å². The van der Waals surface area contributed by atoms with Crippen LogP contribution in [0.3, 0.4) is 0 Å². The van der Waals surface area contributed by atoms with Gasteiger partial charge in [0.2, 0.25) is 0 Å².